The van der Waals surface area contributed by atoms with Crippen LogP contribution in [-0.4, -0.2) is 147 Å². The summed E-state index contributed by atoms with van der Waals surface area (Å²) in [6.07, 6.45) is 65.9. The van der Waals surface area contributed by atoms with Crippen LogP contribution in [0.4, 0.5) is 0 Å². The smallest absolute Gasteiger partial charge is 0.337 e. The highest BCUT2D eigenvalue weighted by Crippen LogP contribution is 2.48. The van der Waals surface area contributed by atoms with Crippen LogP contribution in [0.2, 0.25) is 0 Å². The average molecular weight is 1580 g/mol. The predicted molar refractivity (Wildman–Crippen MR) is 471 cm³/mol. The summed E-state index contributed by atoms with van der Waals surface area (Å²) in [4.78, 5) is 97.8. The first-order valence-corrected chi connectivity index (χ1v) is 44.5. The first-order valence-electron chi connectivity index (χ1n) is 44.5. The standard InChI is InChI=1S/C96H150N6O12/c1-13-19-25-31-37-43-49-61-97(7)67-55-91(103)109-85-73-79-80(74-86(85)110-92(104)56-68-98(8)62-50-44-38-32-26-20-14-2)82-76-88(112-94(106)58-70-100(10)64-52-46-40-34-28-22-16-4)90(114-96(108)60-72-102(12)66-54-48-42-36-30-24-18-6)78-84(82)83-77-89(113-95(107)59-71-101(11)65-53-47-41-35-29-23-17-5)87(75-81(79)83)111-93(105)57-69-99(9)63-51-45-39-33-27-21-15-3/h55-60,67-78H,13-54,61-66H2,1-12H3. The average Bonchev–Trinajstić information content (AvgIpc) is 0.724. The Morgan fingerprint density at radius 3 is 0.439 bits per heavy atom. The second-order valence-electron chi connectivity index (χ2n) is 31.6. The molecule has 4 rings (SSSR count). The third-order valence-electron chi connectivity index (χ3n) is 20.9. The fourth-order valence-corrected chi connectivity index (χ4v) is 13.8. The highest BCUT2D eigenvalue weighted by atomic mass is 16.6. The second-order valence-corrected chi connectivity index (χ2v) is 31.6. The number of carbonyl (C=O) groups is 6. The molecule has 0 saturated heterocycles. The van der Waals surface area contributed by atoms with Crippen molar-refractivity contribution in [3.8, 4) is 34.5 Å². The third kappa shape index (κ3) is 42.9. The van der Waals surface area contributed by atoms with Crippen LogP contribution < -0.4 is 28.4 Å². The lowest BCUT2D eigenvalue weighted by molar-refractivity contribution is -0.131. The molecule has 0 saturated carbocycles. The normalized spacial score (nSPS) is 11.8. The molecule has 0 radical (unpaired) electrons. The maximum atomic E-state index is 14.4. The van der Waals surface area contributed by atoms with Crippen molar-refractivity contribution in [3.63, 3.8) is 0 Å². The van der Waals surface area contributed by atoms with Crippen molar-refractivity contribution >= 4 is 68.1 Å². The molecule has 636 valence electrons. The molecule has 0 heterocycles. The van der Waals surface area contributed by atoms with E-state index in [2.05, 4.69) is 41.5 Å². The molecule has 0 aromatic heterocycles. The van der Waals surface area contributed by atoms with Crippen LogP contribution in [0.5, 0.6) is 34.5 Å². The molecule has 0 spiro atoms. The van der Waals surface area contributed by atoms with Crippen molar-refractivity contribution < 1.29 is 57.2 Å². The molecule has 0 atom stereocenters. The van der Waals surface area contributed by atoms with Gasteiger partial charge in [0.05, 0.1) is 0 Å². The molecule has 0 amide bonds. The predicted octanol–water partition coefficient (Wildman–Crippen LogP) is 23.8. The number of hydrogen-bond donors (Lipinski definition) is 0. The van der Waals surface area contributed by atoms with E-state index in [0.29, 0.717) is 32.3 Å². The summed E-state index contributed by atoms with van der Waals surface area (Å²) in [6, 6.07) is 9.51. The van der Waals surface area contributed by atoms with Gasteiger partial charge in [-0.2, -0.15) is 0 Å². The molecule has 4 aromatic rings. The van der Waals surface area contributed by atoms with Gasteiger partial charge in [0.25, 0.3) is 0 Å². The van der Waals surface area contributed by atoms with E-state index in [1.165, 1.54) is 191 Å². The highest BCUT2D eigenvalue weighted by molar-refractivity contribution is 6.27. The van der Waals surface area contributed by atoms with Crippen LogP contribution in [0.1, 0.15) is 311 Å². The van der Waals surface area contributed by atoms with Gasteiger partial charge in [0.2, 0.25) is 0 Å². The van der Waals surface area contributed by atoms with Gasteiger partial charge in [0.15, 0.2) is 34.5 Å². The molecule has 0 unspecified atom stereocenters. The van der Waals surface area contributed by atoms with Gasteiger partial charge in [-0.15, -0.1) is 0 Å². The summed E-state index contributed by atoms with van der Waals surface area (Å²) in [5.74, 6) is -5.22. The number of benzene rings is 4. The monoisotopic (exact) mass is 1580 g/mol. The number of unbranched alkanes of at least 4 members (excludes halogenated alkanes) is 36. The second kappa shape index (κ2) is 61.2. The van der Waals surface area contributed by atoms with Gasteiger partial charge >= 0.3 is 35.8 Å². The van der Waals surface area contributed by atoms with Crippen molar-refractivity contribution in [1.82, 2.24) is 29.4 Å². The summed E-state index contributed by atoms with van der Waals surface area (Å²) in [5, 5.41) is 2.32. The number of hydrogen-bond acceptors (Lipinski definition) is 18. The Kier molecular flexibility index (Phi) is 52.6. The summed E-state index contributed by atoms with van der Waals surface area (Å²) in [7, 11) is 11.4. The van der Waals surface area contributed by atoms with Crippen molar-refractivity contribution in [2.45, 2.75) is 311 Å². The molecular weight excluding hydrogens is 1430 g/mol. The van der Waals surface area contributed by atoms with Gasteiger partial charge in [-0.05, 0) is 107 Å². The number of rotatable bonds is 66. The van der Waals surface area contributed by atoms with Gasteiger partial charge in [-0.3, -0.25) is 0 Å². The van der Waals surface area contributed by atoms with Gasteiger partial charge in [-0.25, -0.2) is 28.8 Å². The van der Waals surface area contributed by atoms with Crippen LogP contribution in [-0.2, 0) is 28.8 Å². The topological polar surface area (TPSA) is 177 Å². The Hall–Kier alpha value is -8.28. The molecule has 0 aliphatic carbocycles. The minimum Gasteiger partial charge on any atom is -0.419 e. The van der Waals surface area contributed by atoms with E-state index in [4.69, 9.17) is 28.4 Å². The number of fused-ring (bicyclic) bond motifs is 6. The third-order valence-corrected chi connectivity index (χ3v) is 20.9. The minimum absolute atomic E-state index is 0.121. The molecule has 114 heavy (non-hydrogen) atoms. The fraction of sp³-hybridized carbons (Fsp3) is 0.625. The Labute approximate surface area is 688 Å². The van der Waals surface area contributed by atoms with Gasteiger partial charge in [0.1, 0.15) is 0 Å². The Bertz CT molecular complexity index is 2970. The van der Waals surface area contributed by atoms with Crippen molar-refractivity contribution in [2.24, 2.45) is 0 Å². The van der Waals surface area contributed by atoms with E-state index in [0.717, 1.165) is 155 Å². The summed E-state index contributed by atoms with van der Waals surface area (Å²) in [5.41, 5.74) is 0. The Morgan fingerprint density at radius 1 is 0.202 bits per heavy atom. The maximum Gasteiger partial charge on any atom is 0.337 e. The van der Waals surface area contributed by atoms with Crippen molar-refractivity contribution in [2.75, 3.05) is 81.6 Å². The Morgan fingerprint density at radius 2 is 0.316 bits per heavy atom. The first-order chi connectivity index (χ1) is 55.3. The van der Waals surface area contributed by atoms with Crippen LogP contribution in [0.15, 0.2) is 110 Å². The van der Waals surface area contributed by atoms with Gasteiger partial charge in [0, 0.05) is 155 Å². The highest BCUT2D eigenvalue weighted by Gasteiger charge is 2.25. The van der Waals surface area contributed by atoms with Crippen molar-refractivity contribution in [3.05, 3.63) is 110 Å². The largest absolute Gasteiger partial charge is 0.419 e. The van der Waals surface area contributed by atoms with Crippen LogP contribution in [0.25, 0.3) is 32.3 Å². The van der Waals surface area contributed by atoms with E-state index in [1.54, 1.807) is 73.6 Å². The molecule has 0 aliphatic heterocycles. The fourth-order valence-electron chi connectivity index (χ4n) is 13.8. The lowest BCUT2D eigenvalue weighted by atomic mass is 9.93. The van der Waals surface area contributed by atoms with Crippen LogP contribution in [0.3, 0.4) is 0 Å². The molecule has 4 aromatic carbocycles. The van der Waals surface area contributed by atoms with E-state index >= 15 is 0 Å². The number of esters is 6. The van der Waals surface area contributed by atoms with E-state index in [-0.39, 0.29) is 34.5 Å². The van der Waals surface area contributed by atoms with Crippen molar-refractivity contribution in [1.29, 1.82) is 0 Å². The minimum atomic E-state index is -0.749. The maximum absolute atomic E-state index is 14.4. The number of ether oxygens (including phenoxy) is 6. The summed E-state index contributed by atoms with van der Waals surface area (Å²) < 4.78 is 37.7. The van der Waals surface area contributed by atoms with Crippen LogP contribution in [0, 0.1) is 0 Å². The SMILES string of the molecule is CCCCCCCCCN(C)C=CC(=O)Oc1cc2c3cc(OC(=O)C=CN(C)CCCCCCCCC)c(OC(=O)C=CN(C)CCCCCCCCC)cc3c3cc(OC(=O)C=CN(C)CCCCCCCCC)c(OC(=O)C=CN(C)CCCCCCCCC)cc3c2cc1OC(=O)C=CN(C)CCCCCCCCC. The lowest BCUT2D eigenvalue weighted by Crippen LogP contribution is -2.15. The zero-order valence-electron chi connectivity index (χ0n) is 72.9. The molecular formula is C96H150N6O12. The van der Waals surface area contributed by atoms with Gasteiger partial charge in [-0.1, -0.05) is 273 Å². The van der Waals surface area contributed by atoms with Crippen LogP contribution >= 0.6 is 0 Å². The van der Waals surface area contributed by atoms with E-state index in [1.807, 2.05) is 71.7 Å². The zero-order chi connectivity index (χ0) is 82.8. The summed E-state index contributed by atoms with van der Waals surface area (Å²) in [6.45, 7) is 17.6. The van der Waals surface area contributed by atoms with E-state index in [9.17, 15) is 28.8 Å². The first kappa shape index (κ1) is 98.1. The molecule has 18 nitrogen and oxygen atoms in total. The summed E-state index contributed by atoms with van der Waals surface area (Å²) >= 11 is 0. The number of carbonyl (C=O) groups excluding carboxylic acids is 6. The zero-order valence-corrected chi connectivity index (χ0v) is 72.9. The van der Waals surface area contributed by atoms with E-state index < -0.39 is 35.8 Å². The number of nitrogens with zero attached hydrogens (tertiary/aromatic N) is 6. The molecule has 0 aliphatic rings. The van der Waals surface area contributed by atoms with Gasteiger partial charge < -0.3 is 57.8 Å². The molecule has 0 N–H and O–H groups in total. The Balaban J connectivity index is 2.08. The lowest BCUT2D eigenvalue weighted by Gasteiger charge is -2.19. The molecule has 18 heteroatoms. The molecule has 0 bridgehead atoms. The quantitative estimate of drug-likeness (QED) is 0.0134. The molecule has 0 fully saturated rings.